The van der Waals surface area contributed by atoms with Crippen LogP contribution in [-0.2, 0) is 4.74 Å². The second-order valence-corrected chi connectivity index (χ2v) is 7.16. The van der Waals surface area contributed by atoms with Gasteiger partial charge in [-0.1, -0.05) is 25.2 Å². The van der Waals surface area contributed by atoms with Crippen molar-refractivity contribution in [3.63, 3.8) is 0 Å². The van der Waals surface area contributed by atoms with E-state index in [0.717, 1.165) is 43.2 Å². The number of anilines is 1. The number of thioether (sulfide) groups is 1. The lowest BCUT2D eigenvalue weighted by Crippen LogP contribution is -2.32. The van der Waals surface area contributed by atoms with Crippen LogP contribution in [-0.4, -0.2) is 37.5 Å². The van der Waals surface area contributed by atoms with Gasteiger partial charge in [-0.3, -0.25) is 0 Å². The van der Waals surface area contributed by atoms with Gasteiger partial charge < -0.3 is 15.4 Å². The van der Waals surface area contributed by atoms with E-state index in [1.54, 1.807) is 11.8 Å². The predicted octanol–water partition coefficient (Wildman–Crippen LogP) is 3.30. The largest absolute Gasteiger partial charge is 0.389 e. The highest BCUT2D eigenvalue weighted by Gasteiger charge is 2.19. The van der Waals surface area contributed by atoms with Gasteiger partial charge in [0.2, 0.25) is 0 Å². The van der Waals surface area contributed by atoms with E-state index in [0.29, 0.717) is 10.9 Å². The maximum absolute atomic E-state index is 5.98. The van der Waals surface area contributed by atoms with Crippen LogP contribution in [0, 0.1) is 5.92 Å². The van der Waals surface area contributed by atoms with Crippen molar-refractivity contribution in [3.8, 4) is 0 Å². The Bertz CT molecular complexity index is 487. The first-order valence-corrected chi connectivity index (χ1v) is 8.87. The Morgan fingerprint density at radius 2 is 2.33 bits per heavy atom. The number of benzene rings is 1. The monoisotopic (exact) mass is 324 g/mol. The fourth-order valence-electron chi connectivity index (χ4n) is 2.80. The van der Waals surface area contributed by atoms with Gasteiger partial charge in [-0.2, -0.15) is 0 Å². The number of nitrogens with two attached hydrogens (primary N) is 1. The molecule has 2 N–H and O–H groups in total. The van der Waals surface area contributed by atoms with Gasteiger partial charge in [-0.25, -0.2) is 0 Å². The highest BCUT2D eigenvalue weighted by Crippen LogP contribution is 2.31. The summed E-state index contributed by atoms with van der Waals surface area (Å²) in [5, 5.41) is 0. The number of rotatable bonds is 6. The van der Waals surface area contributed by atoms with Crippen LogP contribution >= 0.6 is 24.0 Å². The zero-order valence-electron chi connectivity index (χ0n) is 12.8. The minimum absolute atomic E-state index is 0.480. The molecule has 0 saturated carbocycles. The molecule has 0 bridgehead atoms. The molecule has 1 unspecified atom stereocenters. The molecule has 116 valence electrons. The van der Waals surface area contributed by atoms with Crippen LogP contribution in [0.2, 0.25) is 0 Å². The van der Waals surface area contributed by atoms with Crippen molar-refractivity contribution in [2.75, 3.05) is 37.5 Å². The zero-order chi connectivity index (χ0) is 15.2. The second kappa shape index (κ2) is 8.01. The van der Waals surface area contributed by atoms with Gasteiger partial charge in [-0.05, 0) is 36.6 Å². The first-order valence-electron chi connectivity index (χ1n) is 7.48. The predicted molar refractivity (Wildman–Crippen MR) is 95.5 cm³/mol. The molecule has 1 aromatic carbocycles. The summed E-state index contributed by atoms with van der Waals surface area (Å²) in [5.74, 6) is 1.60. The molecule has 21 heavy (non-hydrogen) atoms. The summed E-state index contributed by atoms with van der Waals surface area (Å²) in [6.07, 6.45) is 2.39. The van der Waals surface area contributed by atoms with Crippen molar-refractivity contribution in [3.05, 3.63) is 23.8 Å². The first kappa shape index (κ1) is 16.6. The smallest absolute Gasteiger partial charge is 0.107 e. The summed E-state index contributed by atoms with van der Waals surface area (Å²) >= 11 is 7.08. The lowest BCUT2D eigenvalue weighted by Gasteiger charge is -2.30. The van der Waals surface area contributed by atoms with Crippen LogP contribution in [0.5, 0.6) is 0 Å². The molecule has 1 aliphatic rings. The average molecular weight is 325 g/mol. The van der Waals surface area contributed by atoms with E-state index in [2.05, 4.69) is 37.1 Å². The number of ether oxygens (including phenoxy) is 1. The van der Waals surface area contributed by atoms with E-state index < -0.39 is 0 Å². The van der Waals surface area contributed by atoms with E-state index in [1.165, 1.54) is 11.3 Å². The van der Waals surface area contributed by atoms with Crippen LogP contribution in [0.15, 0.2) is 23.1 Å². The van der Waals surface area contributed by atoms with E-state index in [4.69, 9.17) is 22.7 Å². The molecule has 1 fully saturated rings. The van der Waals surface area contributed by atoms with E-state index in [9.17, 15) is 0 Å². The van der Waals surface area contributed by atoms with E-state index in [1.807, 2.05) is 0 Å². The van der Waals surface area contributed by atoms with E-state index in [-0.39, 0.29) is 0 Å². The molecule has 0 amide bonds. The molecule has 0 spiro atoms. The SMILES string of the molecule is CCSc1cccc(N(C)CC2CCCOC2)c1C(N)=S. The molecule has 0 aliphatic carbocycles. The maximum Gasteiger partial charge on any atom is 0.107 e. The quantitative estimate of drug-likeness (QED) is 0.642. The summed E-state index contributed by atoms with van der Waals surface area (Å²) in [4.78, 5) is 3.93. The Hall–Kier alpha value is -0.780. The van der Waals surface area contributed by atoms with Gasteiger partial charge in [0, 0.05) is 36.3 Å². The standard InChI is InChI=1S/C16H24N2OS2/c1-3-21-14-8-4-7-13(15(14)16(17)20)18(2)10-12-6-5-9-19-11-12/h4,7-8,12H,3,5-6,9-11H2,1-2H3,(H2,17,20). The zero-order valence-corrected chi connectivity index (χ0v) is 14.4. The Labute approximate surface area is 137 Å². The molecule has 1 saturated heterocycles. The van der Waals surface area contributed by atoms with E-state index >= 15 is 0 Å². The molecule has 3 nitrogen and oxygen atoms in total. The number of thiocarbonyl (C=S) groups is 1. The Balaban J connectivity index is 2.20. The van der Waals surface area contributed by atoms with Crippen LogP contribution in [0.25, 0.3) is 0 Å². The highest BCUT2D eigenvalue weighted by atomic mass is 32.2. The minimum Gasteiger partial charge on any atom is -0.389 e. The van der Waals surface area contributed by atoms with Gasteiger partial charge in [0.15, 0.2) is 0 Å². The van der Waals surface area contributed by atoms with Crippen LogP contribution < -0.4 is 10.6 Å². The number of hydrogen-bond donors (Lipinski definition) is 1. The fraction of sp³-hybridized carbons (Fsp3) is 0.562. The Morgan fingerprint density at radius 1 is 1.52 bits per heavy atom. The van der Waals surface area contributed by atoms with Crippen LogP contribution in [0.3, 0.4) is 0 Å². The molecule has 5 heteroatoms. The fourth-order valence-corrected chi connectivity index (χ4v) is 3.92. The third-order valence-corrected chi connectivity index (χ3v) is 4.89. The van der Waals surface area contributed by atoms with Gasteiger partial charge >= 0.3 is 0 Å². The molecule has 0 aromatic heterocycles. The van der Waals surface area contributed by atoms with Crippen molar-refractivity contribution in [1.82, 2.24) is 0 Å². The maximum atomic E-state index is 5.98. The summed E-state index contributed by atoms with van der Waals surface area (Å²) in [5.41, 5.74) is 8.13. The normalized spacial score (nSPS) is 18.5. The molecular formula is C16H24N2OS2. The first-order chi connectivity index (χ1) is 10.1. The van der Waals surface area contributed by atoms with Crippen molar-refractivity contribution in [2.45, 2.75) is 24.7 Å². The lowest BCUT2D eigenvalue weighted by molar-refractivity contribution is 0.0576. The third-order valence-electron chi connectivity index (χ3n) is 3.75. The molecule has 1 atom stereocenters. The van der Waals surface area contributed by atoms with Gasteiger partial charge in [0.05, 0.1) is 6.61 Å². The second-order valence-electron chi connectivity index (χ2n) is 5.41. The highest BCUT2D eigenvalue weighted by molar-refractivity contribution is 7.99. The Morgan fingerprint density at radius 3 is 2.95 bits per heavy atom. The van der Waals surface area contributed by atoms with Crippen molar-refractivity contribution < 1.29 is 4.74 Å². The van der Waals surface area contributed by atoms with Gasteiger partial charge in [-0.15, -0.1) is 11.8 Å². The van der Waals surface area contributed by atoms with Crippen molar-refractivity contribution in [1.29, 1.82) is 0 Å². The molecular weight excluding hydrogens is 300 g/mol. The van der Waals surface area contributed by atoms with Gasteiger partial charge in [0.1, 0.15) is 4.99 Å². The number of nitrogens with zero attached hydrogens (tertiary/aromatic N) is 1. The third kappa shape index (κ3) is 4.34. The molecule has 2 rings (SSSR count). The summed E-state index contributed by atoms with van der Waals surface area (Å²) < 4.78 is 5.58. The molecule has 1 aliphatic heterocycles. The summed E-state index contributed by atoms with van der Waals surface area (Å²) in [6.45, 7) is 4.89. The molecule has 1 aromatic rings. The molecule has 1 heterocycles. The summed E-state index contributed by atoms with van der Waals surface area (Å²) in [7, 11) is 2.12. The topological polar surface area (TPSA) is 38.5 Å². The van der Waals surface area contributed by atoms with Gasteiger partial charge in [0.25, 0.3) is 0 Å². The average Bonchev–Trinajstić information content (AvgIpc) is 2.48. The molecule has 0 radical (unpaired) electrons. The number of hydrogen-bond acceptors (Lipinski definition) is 4. The van der Waals surface area contributed by atoms with Crippen LogP contribution in [0.1, 0.15) is 25.3 Å². The van der Waals surface area contributed by atoms with Crippen molar-refractivity contribution >= 4 is 34.7 Å². The van der Waals surface area contributed by atoms with Crippen molar-refractivity contribution in [2.24, 2.45) is 11.7 Å². The minimum atomic E-state index is 0.480. The summed E-state index contributed by atoms with van der Waals surface area (Å²) in [6, 6.07) is 6.30. The Kier molecular flexibility index (Phi) is 6.33. The lowest BCUT2D eigenvalue weighted by atomic mass is 10.0. The van der Waals surface area contributed by atoms with Crippen LogP contribution in [0.4, 0.5) is 5.69 Å².